The fourth-order valence-electron chi connectivity index (χ4n) is 4.65. The zero-order chi connectivity index (χ0) is 25.6. The molecule has 3 heterocycles. The van der Waals surface area contributed by atoms with E-state index < -0.39 is 17.9 Å². The first-order chi connectivity index (χ1) is 17.3. The van der Waals surface area contributed by atoms with Crippen LogP contribution < -0.4 is 0 Å². The van der Waals surface area contributed by atoms with Crippen molar-refractivity contribution in [2.24, 2.45) is 10.9 Å². The lowest BCUT2D eigenvalue weighted by Crippen LogP contribution is -2.21. The third kappa shape index (κ3) is 4.06. The number of aliphatic imine (C=N–C) groups is 1. The standard InChI is InChI=1S/C28H28N4O3S/c1-15-17(3)36-27-23(15)25(29-24(16(2)28(33)34)26-31-30-18(4)32(26)27)21-11-9-20(10-12-21)22-8-6-7-19(13-22)14-35-5/h6-13,16,24H,14H2,1-5H3,(H,33,34)/t16?,24-/m0/s1. The Morgan fingerprint density at radius 1 is 1.08 bits per heavy atom. The van der Waals surface area contributed by atoms with Crippen LogP contribution in [0.4, 0.5) is 0 Å². The van der Waals surface area contributed by atoms with Crippen LogP contribution in [0.1, 0.15) is 51.7 Å². The first kappa shape index (κ1) is 24.1. The van der Waals surface area contributed by atoms with Crippen molar-refractivity contribution in [2.45, 2.75) is 40.3 Å². The largest absolute Gasteiger partial charge is 0.481 e. The second-order valence-corrected chi connectivity index (χ2v) is 10.4. The van der Waals surface area contributed by atoms with Crippen molar-refractivity contribution in [1.82, 2.24) is 14.8 Å². The summed E-state index contributed by atoms with van der Waals surface area (Å²) in [4.78, 5) is 18.3. The maximum absolute atomic E-state index is 12.0. The summed E-state index contributed by atoms with van der Waals surface area (Å²) >= 11 is 1.66. The average molecular weight is 501 g/mol. The van der Waals surface area contributed by atoms with Gasteiger partial charge in [-0.15, -0.1) is 21.5 Å². The van der Waals surface area contributed by atoms with Crippen molar-refractivity contribution in [3.05, 3.63) is 87.3 Å². The van der Waals surface area contributed by atoms with Gasteiger partial charge in [-0.05, 0) is 56.0 Å². The molecule has 0 saturated heterocycles. The maximum Gasteiger partial charge on any atom is 0.308 e. The lowest BCUT2D eigenvalue weighted by molar-refractivity contribution is -0.141. The highest BCUT2D eigenvalue weighted by Gasteiger charge is 2.36. The molecule has 8 heteroatoms. The minimum absolute atomic E-state index is 0.562. The van der Waals surface area contributed by atoms with Crippen LogP contribution >= 0.6 is 11.3 Å². The number of fused-ring (bicyclic) bond motifs is 3. The molecule has 1 unspecified atom stereocenters. The summed E-state index contributed by atoms with van der Waals surface area (Å²) in [5.41, 5.74) is 7.19. The van der Waals surface area contributed by atoms with Crippen molar-refractivity contribution >= 4 is 23.0 Å². The van der Waals surface area contributed by atoms with Gasteiger partial charge in [0.2, 0.25) is 0 Å². The Balaban J connectivity index is 1.66. The number of aromatic nitrogens is 3. The molecule has 1 aliphatic rings. The summed E-state index contributed by atoms with van der Waals surface area (Å²) in [7, 11) is 1.69. The van der Waals surface area contributed by atoms with Gasteiger partial charge in [-0.3, -0.25) is 14.4 Å². The normalized spacial score (nSPS) is 15.6. The van der Waals surface area contributed by atoms with E-state index in [1.807, 2.05) is 17.6 Å². The SMILES string of the molecule is COCc1cccc(-c2ccc(C3=N[C@@H](C(C)C(=O)O)c4nnc(C)n4-c4sc(C)c(C)c43)cc2)c1. The molecule has 5 rings (SSSR count). The van der Waals surface area contributed by atoms with Crippen molar-refractivity contribution in [3.63, 3.8) is 0 Å². The molecular formula is C28H28N4O3S. The number of hydrogen-bond acceptors (Lipinski definition) is 6. The Morgan fingerprint density at radius 3 is 2.50 bits per heavy atom. The number of methoxy groups -OCH3 is 1. The third-order valence-corrected chi connectivity index (χ3v) is 7.97. The Morgan fingerprint density at radius 2 is 1.81 bits per heavy atom. The number of carboxylic acid groups (broad SMARTS) is 1. The van der Waals surface area contributed by atoms with Gasteiger partial charge in [0, 0.05) is 23.1 Å². The van der Waals surface area contributed by atoms with Gasteiger partial charge in [-0.25, -0.2) is 0 Å². The van der Waals surface area contributed by atoms with E-state index >= 15 is 0 Å². The van der Waals surface area contributed by atoms with Gasteiger partial charge in [0.1, 0.15) is 16.9 Å². The van der Waals surface area contributed by atoms with Gasteiger partial charge >= 0.3 is 5.97 Å². The number of thiophene rings is 1. The van der Waals surface area contributed by atoms with Crippen molar-refractivity contribution in [2.75, 3.05) is 7.11 Å². The molecule has 2 aromatic heterocycles. The van der Waals surface area contributed by atoms with Crippen LogP contribution in [0, 0.1) is 26.7 Å². The van der Waals surface area contributed by atoms with E-state index in [2.05, 4.69) is 66.5 Å². The fraction of sp³-hybridized carbons (Fsp3) is 0.286. The minimum atomic E-state index is -0.917. The second-order valence-electron chi connectivity index (χ2n) is 9.16. The summed E-state index contributed by atoms with van der Waals surface area (Å²) in [5.74, 6) is -0.399. The Kier molecular flexibility index (Phi) is 6.32. The average Bonchev–Trinajstić information content (AvgIpc) is 3.34. The molecule has 0 aliphatic carbocycles. The number of hydrogen-bond donors (Lipinski definition) is 1. The van der Waals surface area contributed by atoms with Crippen molar-refractivity contribution in [3.8, 4) is 16.1 Å². The summed E-state index contributed by atoms with van der Waals surface area (Å²) in [6, 6.07) is 15.9. The summed E-state index contributed by atoms with van der Waals surface area (Å²) in [5, 5.41) is 19.5. The molecular weight excluding hydrogens is 472 g/mol. The molecule has 0 amide bonds. The Hall–Kier alpha value is -3.62. The number of aliphatic carboxylic acids is 1. The summed E-state index contributed by atoms with van der Waals surface area (Å²) < 4.78 is 7.26. The van der Waals surface area contributed by atoms with E-state index in [9.17, 15) is 9.90 Å². The molecule has 36 heavy (non-hydrogen) atoms. The monoisotopic (exact) mass is 500 g/mol. The summed E-state index contributed by atoms with van der Waals surface area (Å²) in [6.45, 7) is 8.32. The molecule has 2 aromatic carbocycles. The Labute approximate surface area is 214 Å². The molecule has 0 fully saturated rings. The van der Waals surface area contributed by atoms with Crippen LogP contribution in [0.5, 0.6) is 0 Å². The van der Waals surface area contributed by atoms with Gasteiger partial charge < -0.3 is 9.84 Å². The zero-order valence-electron chi connectivity index (χ0n) is 20.9. The third-order valence-electron chi connectivity index (χ3n) is 6.78. The number of ether oxygens (including phenoxy) is 1. The van der Waals surface area contributed by atoms with E-state index in [-0.39, 0.29) is 0 Å². The predicted octanol–water partition coefficient (Wildman–Crippen LogP) is 5.68. The van der Waals surface area contributed by atoms with Gasteiger partial charge in [-0.1, -0.05) is 42.5 Å². The highest BCUT2D eigenvalue weighted by Crippen LogP contribution is 2.40. The maximum atomic E-state index is 12.0. The van der Waals surface area contributed by atoms with E-state index in [4.69, 9.17) is 9.73 Å². The predicted molar refractivity (Wildman–Crippen MR) is 141 cm³/mol. The van der Waals surface area contributed by atoms with Crippen molar-refractivity contribution < 1.29 is 14.6 Å². The first-order valence-electron chi connectivity index (χ1n) is 11.8. The van der Waals surface area contributed by atoms with Crippen LogP contribution in [0.25, 0.3) is 16.1 Å². The summed E-state index contributed by atoms with van der Waals surface area (Å²) in [6.07, 6.45) is 0. The number of rotatable bonds is 6. The molecule has 0 bridgehead atoms. The quantitative estimate of drug-likeness (QED) is 0.368. The van der Waals surface area contributed by atoms with Crippen LogP contribution in [0.2, 0.25) is 0 Å². The molecule has 7 nitrogen and oxygen atoms in total. The number of benzene rings is 2. The van der Waals surface area contributed by atoms with Crippen LogP contribution in [-0.2, 0) is 16.1 Å². The lowest BCUT2D eigenvalue weighted by atomic mass is 9.96. The molecule has 0 radical (unpaired) electrons. The fourth-order valence-corrected chi connectivity index (χ4v) is 5.86. The lowest BCUT2D eigenvalue weighted by Gasteiger charge is -2.16. The van der Waals surface area contributed by atoms with E-state index in [0.717, 1.165) is 49.9 Å². The van der Waals surface area contributed by atoms with Gasteiger partial charge in [0.15, 0.2) is 5.82 Å². The van der Waals surface area contributed by atoms with E-state index in [1.165, 1.54) is 4.88 Å². The number of nitrogens with zero attached hydrogens (tertiary/aromatic N) is 4. The second kappa shape index (κ2) is 9.44. The highest BCUT2D eigenvalue weighted by molar-refractivity contribution is 7.15. The zero-order valence-corrected chi connectivity index (χ0v) is 21.8. The molecule has 1 aliphatic heterocycles. The van der Waals surface area contributed by atoms with Gasteiger partial charge in [-0.2, -0.15) is 0 Å². The molecule has 184 valence electrons. The van der Waals surface area contributed by atoms with Gasteiger partial charge in [0.05, 0.1) is 18.2 Å². The van der Waals surface area contributed by atoms with E-state index in [0.29, 0.717) is 12.4 Å². The van der Waals surface area contributed by atoms with Crippen molar-refractivity contribution in [1.29, 1.82) is 0 Å². The number of aryl methyl sites for hydroxylation is 2. The Bertz CT molecular complexity index is 1480. The molecule has 2 atom stereocenters. The molecule has 0 saturated carbocycles. The highest BCUT2D eigenvalue weighted by atomic mass is 32.1. The number of carboxylic acids is 1. The first-order valence-corrected chi connectivity index (χ1v) is 12.6. The van der Waals surface area contributed by atoms with E-state index in [1.54, 1.807) is 25.4 Å². The van der Waals surface area contributed by atoms with Crippen LogP contribution in [0.15, 0.2) is 53.5 Å². The molecule has 1 N–H and O–H groups in total. The minimum Gasteiger partial charge on any atom is -0.481 e. The topological polar surface area (TPSA) is 89.6 Å². The van der Waals surface area contributed by atoms with Crippen LogP contribution in [-0.4, -0.2) is 38.7 Å². The smallest absolute Gasteiger partial charge is 0.308 e. The van der Waals surface area contributed by atoms with Gasteiger partial charge in [0.25, 0.3) is 0 Å². The van der Waals surface area contributed by atoms with Crippen LogP contribution in [0.3, 0.4) is 0 Å². The molecule has 0 spiro atoms. The number of carbonyl (C=O) groups is 1. The molecule has 4 aromatic rings.